The number of carbonyl (C=O) groups excluding carboxylic acids is 1. The summed E-state index contributed by atoms with van der Waals surface area (Å²) in [5.41, 5.74) is 0.333. The van der Waals surface area contributed by atoms with E-state index in [0.29, 0.717) is 17.3 Å². The lowest BCUT2D eigenvalue weighted by Gasteiger charge is -2.17. The van der Waals surface area contributed by atoms with E-state index in [1.165, 1.54) is 24.1 Å². The zero-order chi connectivity index (χ0) is 17.9. The minimum absolute atomic E-state index is 0.0369. The first-order chi connectivity index (χ1) is 11.2. The van der Waals surface area contributed by atoms with Gasteiger partial charge < -0.3 is 10.7 Å². The SMILES string of the molecule is CN(Cc1ccccc1F)C(=O)CSc1nnc(C(F)(F)F)n1N. The molecule has 1 aromatic carbocycles. The van der Waals surface area contributed by atoms with E-state index in [4.69, 9.17) is 5.84 Å². The second-order valence-electron chi connectivity index (χ2n) is 4.80. The largest absolute Gasteiger partial charge is 0.453 e. The fraction of sp³-hybridized carbons (Fsp3) is 0.308. The van der Waals surface area contributed by atoms with E-state index in [1.807, 2.05) is 0 Å². The Labute approximate surface area is 138 Å². The van der Waals surface area contributed by atoms with Crippen LogP contribution in [-0.4, -0.2) is 38.5 Å². The van der Waals surface area contributed by atoms with Crippen molar-refractivity contribution in [3.05, 3.63) is 41.5 Å². The maximum absolute atomic E-state index is 13.5. The molecule has 11 heteroatoms. The molecule has 0 spiro atoms. The van der Waals surface area contributed by atoms with E-state index in [-0.39, 0.29) is 22.1 Å². The molecule has 0 aliphatic carbocycles. The van der Waals surface area contributed by atoms with Gasteiger partial charge in [-0.25, -0.2) is 9.07 Å². The van der Waals surface area contributed by atoms with Gasteiger partial charge in [0.25, 0.3) is 5.82 Å². The molecule has 0 saturated heterocycles. The fourth-order valence-corrected chi connectivity index (χ4v) is 2.57. The molecule has 6 nitrogen and oxygen atoms in total. The van der Waals surface area contributed by atoms with Crippen LogP contribution in [0.5, 0.6) is 0 Å². The quantitative estimate of drug-likeness (QED) is 0.499. The summed E-state index contributed by atoms with van der Waals surface area (Å²) in [6, 6.07) is 5.99. The van der Waals surface area contributed by atoms with Crippen LogP contribution >= 0.6 is 11.8 Å². The molecule has 2 rings (SSSR count). The minimum Gasteiger partial charge on any atom is -0.341 e. The molecule has 2 aromatic rings. The molecule has 1 amide bonds. The molecule has 1 aromatic heterocycles. The van der Waals surface area contributed by atoms with Crippen molar-refractivity contribution in [2.45, 2.75) is 17.9 Å². The first kappa shape index (κ1) is 18.0. The highest BCUT2D eigenvalue weighted by Crippen LogP contribution is 2.28. The summed E-state index contributed by atoms with van der Waals surface area (Å²) in [5, 5.41) is 6.03. The van der Waals surface area contributed by atoms with E-state index in [9.17, 15) is 22.4 Å². The van der Waals surface area contributed by atoms with Gasteiger partial charge in [0.1, 0.15) is 5.82 Å². The van der Waals surface area contributed by atoms with Crippen molar-refractivity contribution in [2.75, 3.05) is 18.6 Å². The van der Waals surface area contributed by atoms with Gasteiger partial charge in [-0.2, -0.15) is 13.2 Å². The molecule has 130 valence electrons. The number of hydrogen-bond acceptors (Lipinski definition) is 5. The monoisotopic (exact) mass is 363 g/mol. The maximum atomic E-state index is 13.5. The number of rotatable bonds is 5. The van der Waals surface area contributed by atoms with Crippen molar-refractivity contribution in [2.24, 2.45) is 0 Å². The van der Waals surface area contributed by atoms with Crippen molar-refractivity contribution >= 4 is 17.7 Å². The van der Waals surface area contributed by atoms with Crippen molar-refractivity contribution in [3.8, 4) is 0 Å². The molecule has 0 radical (unpaired) electrons. The number of thioether (sulfide) groups is 1. The number of amides is 1. The molecular formula is C13H13F4N5OS. The van der Waals surface area contributed by atoms with Crippen LogP contribution in [0.25, 0.3) is 0 Å². The zero-order valence-corrected chi connectivity index (χ0v) is 13.2. The Morgan fingerprint density at radius 1 is 1.33 bits per heavy atom. The van der Waals surface area contributed by atoms with Crippen LogP contribution in [0.1, 0.15) is 11.4 Å². The second-order valence-corrected chi connectivity index (χ2v) is 5.75. The highest BCUT2D eigenvalue weighted by atomic mass is 32.2. The van der Waals surface area contributed by atoms with Gasteiger partial charge in [0.05, 0.1) is 5.75 Å². The predicted molar refractivity (Wildman–Crippen MR) is 78.8 cm³/mol. The summed E-state index contributed by atoms with van der Waals surface area (Å²) in [6.45, 7) is 0.0369. The first-order valence-corrected chi connectivity index (χ1v) is 7.56. The summed E-state index contributed by atoms with van der Waals surface area (Å²) >= 11 is 0.715. The van der Waals surface area contributed by atoms with Crippen molar-refractivity contribution < 1.29 is 22.4 Å². The molecule has 0 saturated carbocycles. The zero-order valence-electron chi connectivity index (χ0n) is 12.4. The van der Waals surface area contributed by atoms with Crippen LogP contribution in [0, 0.1) is 5.82 Å². The summed E-state index contributed by atoms with van der Waals surface area (Å²) in [7, 11) is 1.46. The number of nitrogens with zero attached hydrogens (tertiary/aromatic N) is 4. The van der Waals surface area contributed by atoms with Gasteiger partial charge in [0, 0.05) is 19.2 Å². The molecule has 0 unspecified atom stereocenters. The molecule has 0 atom stereocenters. The van der Waals surface area contributed by atoms with Gasteiger partial charge in [-0.05, 0) is 6.07 Å². The molecule has 0 bridgehead atoms. The van der Waals surface area contributed by atoms with E-state index in [1.54, 1.807) is 12.1 Å². The number of nitrogen functional groups attached to an aromatic ring is 1. The molecule has 0 fully saturated rings. The smallest absolute Gasteiger partial charge is 0.341 e. The minimum atomic E-state index is -4.73. The molecule has 24 heavy (non-hydrogen) atoms. The lowest BCUT2D eigenvalue weighted by Crippen LogP contribution is -2.28. The van der Waals surface area contributed by atoms with E-state index in [2.05, 4.69) is 10.2 Å². The Balaban J connectivity index is 1.96. The van der Waals surface area contributed by atoms with Crippen molar-refractivity contribution in [1.82, 2.24) is 19.8 Å². The lowest BCUT2D eigenvalue weighted by atomic mass is 10.2. The van der Waals surface area contributed by atoms with E-state index in [0.717, 1.165) is 0 Å². The predicted octanol–water partition coefficient (Wildman–Crippen LogP) is 1.90. The molecule has 2 N–H and O–H groups in total. The van der Waals surface area contributed by atoms with Gasteiger partial charge in [-0.3, -0.25) is 4.79 Å². The van der Waals surface area contributed by atoms with Crippen molar-refractivity contribution in [3.63, 3.8) is 0 Å². The first-order valence-electron chi connectivity index (χ1n) is 6.58. The molecule has 0 aliphatic heterocycles. The summed E-state index contributed by atoms with van der Waals surface area (Å²) in [6.07, 6.45) is -4.73. The fourth-order valence-electron chi connectivity index (χ4n) is 1.78. The van der Waals surface area contributed by atoms with Gasteiger partial charge in [-0.15, -0.1) is 10.2 Å². The molecule has 0 aliphatic rings. The average Bonchev–Trinajstić information content (AvgIpc) is 2.88. The highest BCUT2D eigenvalue weighted by molar-refractivity contribution is 7.99. The number of benzene rings is 1. The van der Waals surface area contributed by atoms with Crippen LogP contribution in [0.4, 0.5) is 17.6 Å². The molecular weight excluding hydrogens is 350 g/mol. The third-order valence-electron chi connectivity index (χ3n) is 3.03. The average molecular weight is 363 g/mol. The topological polar surface area (TPSA) is 77.0 Å². The number of aromatic nitrogens is 3. The van der Waals surface area contributed by atoms with Gasteiger partial charge in [0.2, 0.25) is 11.1 Å². The Hall–Kier alpha value is -2.30. The van der Waals surface area contributed by atoms with Crippen LogP contribution in [-0.2, 0) is 17.5 Å². The third-order valence-corrected chi connectivity index (χ3v) is 3.96. The number of hydrogen-bond donors (Lipinski definition) is 1. The van der Waals surface area contributed by atoms with Gasteiger partial charge >= 0.3 is 6.18 Å². The van der Waals surface area contributed by atoms with Gasteiger partial charge in [-0.1, -0.05) is 30.0 Å². The number of carbonyl (C=O) groups is 1. The Morgan fingerprint density at radius 3 is 2.58 bits per heavy atom. The number of nitrogens with two attached hydrogens (primary N) is 1. The maximum Gasteiger partial charge on any atom is 0.453 e. The van der Waals surface area contributed by atoms with Crippen molar-refractivity contribution in [1.29, 1.82) is 0 Å². The summed E-state index contributed by atoms with van der Waals surface area (Å²) in [4.78, 5) is 13.3. The van der Waals surface area contributed by atoms with Gasteiger partial charge in [0.15, 0.2) is 0 Å². The van der Waals surface area contributed by atoms with E-state index < -0.39 is 23.7 Å². The van der Waals surface area contributed by atoms with Crippen LogP contribution < -0.4 is 5.84 Å². The Bertz CT molecular complexity index is 733. The molecule has 1 heterocycles. The normalized spacial score (nSPS) is 11.5. The number of halogens is 4. The van der Waals surface area contributed by atoms with Crippen LogP contribution in [0.3, 0.4) is 0 Å². The third kappa shape index (κ3) is 4.16. The Morgan fingerprint density at radius 2 is 2.00 bits per heavy atom. The Kier molecular flexibility index (Phi) is 5.32. The number of alkyl halides is 3. The van der Waals surface area contributed by atoms with Crippen LogP contribution in [0.15, 0.2) is 29.4 Å². The van der Waals surface area contributed by atoms with Crippen LogP contribution in [0.2, 0.25) is 0 Å². The van der Waals surface area contributed by atoms with E-state index >= 15 is 0 Å². The summed E-state index contributed by atoms with van der Waals surface area (Å²) in [5.74, 6) is 2.85. The summed E-state index contributed by atoms with van der Waals surface area (Å²) < 4.78 is 51.5. The highest BCUT2D eigenvalue weighted by Gasteiger charge is 2.38. The lowest BCUT2D eigenvalue weighted by molar-refractivity contribution is -0.146. The standard InChI is InChI=1S/C13H13F4N5OS/c1-21(6-8-4-2-3-5-9(8)14)10(23)7-24-12-20-19-11(22(12)18)13(15,16)17/h2-5H,6-7,18H2,1H3. The second kappa shape index (κ2) is 7.07.